The molecule has 1 unspecified atom stereocenters. The fourth-order valence-electron chi connectivity index (χ4n) is 5.36. The van der Waals surface area contributed by atoms with Crippen molar-refractivity contribution in [3.05, 3.63) is 63.4 Å². The molecule has 9 heteroatoms. The van der Waals surface area contributed by atoms with Gasteiger partial charge in [0.2, 0.25) is 6.04 Å². The highest BCUT2D eigenvalue weighted by Gasteiger charge is 2.35. The van der Waals surface area contributed by atoms with Crippen molar-refractivity contribution < 1.29 is 9.53 Å². The molecule has 1 amide bonds. The summed E-state index contributed by atoms with van der Waals surface area (Å²) in [5, 5.41) is 8.64. The lowest BCUT2D eigenvalue weighted by atomic mass is 9.91. The molecule has 2 aromatic heterocycles. The summed E-state index contributed by atoms with van der Waals surface area (Å²) >= 11 is 0. The van der Waals surface area contributed by atoms with Gasteiger partial charge in [-0.1, -0.05) is 12.5 Å². The van der Waals surface area contributed by atoms with E-state index in [1.807, 2.05) is 56.6 Å². The first-order chi connectivity index (χ1) is 17.2. The Morgan fingerprint density at radius 3 is 2.78 bits per heavy atom. The predicted octanol–water partition coefficient (Wildman–Crippen LogP) is 5.68. The summed E-state index contributed by atoms with van der Waals surface area (Å²) in [4.78, 5) is 33.9. The molecule has 2 N–H and O–H groups in total. The number of pyridine rings is 1. The van der Waals surface area contributed by atoms with Crippen molar-refractivity contribution in [2.45, 2.75) is 83.6 Å². The van der Waals surface area contributed by atoms with E-state index in [1.165, 1.54) is 0 Å². The maximum absolute atomic E-state index is 12.8. The zero-order valence-corrected chi connectivity index (χ0v) is 21.2. The standard InChI is InChI=1S/C27H32N6O3/c1-16-19-11-10-18(14-17(19)15-32(16)26(35)36-27(2,3)4)30-24-23-22(12-13-29-25(23)34)33(31-24)21-9-7-6-8-20(21)28-5/h10-14,16,20-21H,6-9,15H2,1-4H3,(H,29,34)(H,30,31)/t16?,20-,21-/m0/s1. The van der Waals surface area contributed by atoms with Crippen LogP contribution in [0, 0.1) is 6.57 Å². The average Bonchev–Trinajstić information content (AvgIpc) is 3.36. The fraction of sp³-hybridized carbons (Fsp3) is 0.481. The molecule has 9 nitrogen and oxygen atoms in total. The van der Waals surface area contributed by atoms with Crippen LogP contribution in [0.3, 0.4) is 0 Å². The number of anilines is 2. The first kappa shape index (κ1) is 23.9. The molecule has 1 fully saturated rings. The minimum atomic E-state index is -0.560. The summed E-state index contributed by atoms with van der Waals surface area (Å²) < 4.78 is 7.46. The summed E-state index contributed by atoms with van der Waals surface area (Å²) in [5.74, 6) is 0.469. The number of nitrogens with one attached hydrogen (secondary N) is 2. The maximum atomic E-state index is 12.8. The van der Waals surface area contributed by atoms with Crippen LogP contribution in [-0.4, -0.2) is 37.4 Å². The molecular formula is C27H32N6O3. The number of aromatic amines is 1. The highest BCUT2D eigenvalue weighted by Crippen LogP contribution is 2.38. The lowest BCUT2D eigenvalue weighted by Gasteiger charge is -2.27. The normalized spacial score (nSPS) is 21.8. The molecule has 5 rings (SSSR count). The van der Waals surface area contributed by atoms with Gasteiger partial charge in [0.15, 0.2) is 5.82 Å². The molecule has 188 valence electrons. The van der Waals surface area contributed by atoms with Crippen molar-refractivity contribution in [1.82, 2.24) is 19.7 Å². The van der Waals surface area contributed by atoms with Crippen molar-refractivity contribution in [1.29, 1.82) is 0 Å². The molecular weight excluding hydrogens is 456 g/mol. The number of H-pyrrole nitrogens is 1. The molecule has 0 spiro atoms. The number of rotatable bonds is 3. The number of ether oxygens (including phenoxy) is 1. The third kappa shape index (κ3) is 4.32. The number of hydrogen-bond donors (Lipinski definition) is 2. The molecule has 3 aromatic rings. The second kappa shape index (κ2) is 9.01. The van der Waals surface area contributed by atoms with Crippen LogP contribution < -0.4 is 10.9 Å². The van der Waals surface area contributed by atoms with Crippen LogP contribution in [0.15, 0.2) is 35.3 Å². The Kier molecular flexibility index (Phi) is 5.99. The Bertz CT molecular complexity index is 1410. The van der Waals surface area contributed by atoms with Gasteiger partial charge >= 0.3 is 6.09 Å². The van der Waals surface area contributed by atoms with E-state index in [1.54, 1.807) is 11.1 Å². The van der Waals surface area contributed by atoms with Gasteiger partial charge in [-0.05, 0) is 69.9 Å². The van der Waals surface area contributed by atoms with Crippen molar-refractivity contribution in [3.8, 4) is 0 Å². The van der Waals surface area contributed by atoms with Gasteiger partial charge in [-0.15, -0.1) is 0 Å². The molecule has 3 atom stereocenters. The van der Waals surface area contributed by atoms with Gasteiger partial charge in [0.1, 0.15) is 17.0 Å². The summed E-state index contributed by atoms with van der Waals surface area (Å²) in [6.45, 7) is 15.7. The summed E-state index contributed by atoms with van der Waals surface area (Å²) in [7, 11) is 0. The van der Waals surface area contributed by atoms with Crippen LogP contribution in [0.5, 0.6) is 0 Å². The number of carbonyl (C=O) groups is 1. The van der Waals surface area contributed by atoms with Gasteiger partial charge in [-0.3, -0.25) is 14.4 Å². The topological polar surface area (TPSA) is 96.6 Å². The number of benzene rings is 1. The van der Waals surface area contributed by atoms with Crippen LogP contribution in [-0.2, 0) is 11.3 Å². The third-order valence-electron chi connectivity index (χ3n) is 7.10. The minimum absolute atomic E-state index is 0.0562. The Morgan fingerprint density at radius 2 is 2.03 bits per heavy atom. The second-order valence-electron chi connectivity index (χ2n) is 10.7. The molecule has 0 saturated heterocycles. The van der Waals surface area contributed by atoms with Crippen LogP contribution in [0.1, 0.15) is 76.6 Å². The summed E-state index contributed by atoms with van der Waals surface area (Å²) in [6, 6.07) is 7.51. The zero-order chi connectivity index (χ0) is 25.6. The van der Waals surface area contributed by atoms with Gasteiger partial charge in [-0.2, -0.15) is 5.10 Å². The van der Waals surface area contributed by atoms with Crippen molar-refractivity contribution in [2.24, 2.45) is 0 Å². The smallest absolute Gasteiger partial charge is 0.411 e. The Balaban J connectivity index is 1.46. The van der Waals surface area contributed by atoms with E-state index in [0.29, 0.717) is 17.7 Å². The Labute approximate surface area is 210 Å². The third-order valence-corrected chi connectivity index (χ3v) is 7.10. The lowest BCUT2D eigenvalue weighted by molar-refractivity contribution is 0.0187. The molecule has 1 saturated carbocycles. The second-order valence-corrected chi connectivity index (χ2v) is 10.7. The van der Waals surface area contributed by atoms with E-state index >= 15 is 0 Å². The molecule has 0 bridgehead atoms. The minimum Gasteiger partial charge on any atom is -0.444 e. The van der Waals surface area contributed by atoms with Gasteiger partial charge in [0, 0.05) is 18.3 Å². The largest absolute Gasteiger partial charge is 0.444 e. The fourth-order valence-corrected chi connectivity index (χ4v) is 5.36. The molecule has 3 heterocycles. The molecule has 2 aliphatic rings. The predicted molar refractivity (Wildman–Crippen MR) is 138 cm³/mol. The molecule has 1 aliphatic heterocycles. The van der Waals surface area contributed by atoms with Crippen LogP contribution >= 0.6 is 0 Å². The number of fused-ring (bicyclic) bond motifs is 2. The Hall–Kier alpha value is -3.80. The van der Waals surface area contributed by atoms with Crippen molar-refractivity contribution in [2.75, 3.05) is 5.32 Å². The maximum Gasteiger partial charge on any atom is 0.411 e. The highest BCUT2D eigenvalue weighted by atomic mass is 16.6. The Morgan fingerprint density at radius 1 is 1.25 bits per heavy atom. The van der Waals surface area contributed by atoms with Gasteiger partial charge in [0.25, 0.3) is 5.56 Å². The van der Waals surface area contributed by atoms with Gasteiger partial charge in [-0.25, -0.2) is 11.4 Å². The van der Waals surface area contributed by atoms with E-state index in [4.69, 9.17) is 16.4 Å². The number of nitrogens with zero attached hydrogens (tertiary/aromatic N) is 4. The molecule has 0 radical (unpaired) electrons. The first-order valence-electron chi connectivity index (χ1n) is 12.5. The first-order valence-corrected chi connectivity index (χ1v) is 12.5. The summed E-state index contributed by atoms with van der Waals surface area (Å²) in [6.07, 6.45) is 5.10. The molecule has 36 heavy (non-hydrogen) atoms. The lowest BCUT2D eigenvalue weighted by Crippen LogP contribution is -2.34. The van der Waals surface area contributed by atoms with E-state index in [9.17, 15) is 9.59 Å². The monoisotopic (exact) mass is 488 g/mol. The van der Waals surface area contributed by atoms with Crippen LogP contribution in [0.4, 0.5) is 16.3 Å². The van der Waals surface area contributed by atoms with E-state index in [0.717, 1.165) is 48.0 Å². The summed E-state index contributed by atoms with van der Waals surface area (Å²) in [5.41, 5.74) is 2.83. The molecule has 1 aliphatic carbocycles. The number of aromatic nitrogens is 3. The zero-order valence-electron chi connectivity index (χ0n) is 21.2. The number of amides is 1. The van der Waals surface area contributed by atoms with E-state index in [-0.39, 0.29) is 29.8 Å². The van der Waals surface area contributed by atoms with Crippen molar-refractivity contribution >= 4 is 28.5 Å². The van der Waals surface area contributed by atoms with Crippen LogP contribution in [0.25, 0.3) is 15.7 Å². The highest BCUT2D eigenvalue weighted by molar-refractivity contribution is 5.91. The quantitative estimate of drug-likeness (QED) is 0.462. The van der Waals surface area contributed by atoms with E-state index < -0.39 is 5.60 Å². The number of hydrogen-bond acceptors (Lipinski definition) is 5. The van der Waals surface area contributed by atoms with Gasteiger partial charge in [0.05, 0.1) is 18.1 Å². The van der Waals surface area contributed by atoms with E-state index in [2.05, 4.69) is 15.1 Å². The van der Waals surface area contributed by atoms with Crippen LogP contribution in [0.2, 0.25) is 0 Å². The molecule has 1 aromatic carbocycles. The van der Waals surface area contributed by atoms with Gasteiger partial charge < -0.3 is 19.9 Å². The average molecular weight is 489 g/mol. The number of carbonyl (C=O) groups excluding carboxylic acids is 1. The van der Waals surface area contributed by atoms with Crippen molar-refractivity contribution in [3.63, 3.8) is 0 Å². The SMILES string of the molecule is [C-]#[N+][C@H]1CCCC[C@@H]1n1nc(Nc2ccc3c(c2)CN(C(=O)OC(C)(C)C)C3C)c2c(=O)[nH]ccc21.